The van der Waals surface area contributed by atoms with Crippen LogP contribution >= 0.6 is 0 Å². The number of aromatic nitrogens is 1. The maximum absolute atomic E-state index is 12.1. The second kappa shape index (κ2) is 7.87. The summed E-state index contributed by atoms with van der Waals surface area (Å²) in [7, 11) is 0. The number of amides is 1. The molecule has 1 atom stereocenters. The number of likely N-dealkylation sites (tertiary alicyclic amines) is 1. The van der Waals surface area contributed by atoms with E-state index in [-0.39, 0.29) is 12.3 Å². The Bertz CT molecular complexity index is 772. The van der Waals surface area contributed by atoms with Gasteiger partial charge in [-0.2, -0.15) is 0 Å². The van der Waals surface area contributed by atoms with Crippen LogP contribution in [0, 0.1) is 5.92 Å². The minimum absolute atomic E-state index is 0.0330. The molecule has 0 aliphatic carbocycles. The standard InChI is InChI=1S/C19H27N3O3/c1-14-7-10-21(11-8-14)15(2)13-20-18(23)9-12-22-16-5-3-4-6-17(16)25-19(22)24/h3-6,14-15H,7-13H2,1-2H3,(H,20,23)/t15-/m1/s1. The molecule has 6 heteroatoms. The lowest BCUT2D eigenvalue weighted by Crippen LogP contribution is -2.45. The van der Waals surface area contributed by atoms with Crippen molar-refractivity contribution in [1.29, 1.82) is 0 Å². The van der Waals surface area contributed by atoms with Crippen LogP contribution in [-0.4, -0.2) is 41.1 Å². The summed E-state index contributed by atoms with van der Waals surface area (Å²) in [5.41, 5.74) is 1.29. The number of nitrogens with one attached hydrogen (secondary N) is 1. The number of benzene rings is 1. The minimum Gasteiger partial charge on any atom is -0.408 e. The molecule has 1 aliphatic rings. The second-order valence-corrected chi connectivity index (χ2v) is 7.11. The third-order valence-corrected chi connectivity index (χ3v) is 5.17. The van der Waals surface area contributed by atoms with Gasteiger partial charge in [0.25, 0.3) is 0 Å². The lowest BCUT2D eigenvalue weighted by molar-refractivity contribution is -0.121. The normalized spacial score (nSPS) is 17.7. The Labute approximate surface area is 147 Å². The highest BCUT2D eigenvalue weighted by Gasteiger charge is 2.20. The molecular formula is C19H27N3O3. The molecule has 2 aromatic rings. The highest BCUT2D eigenvalue weighted by atomic mass is 16.4. The Kier molecular flexibility index (Phi) is 5.58. The number of para-hydroxylation sites is 2. The van der Waals surface area contributed by atoms with E-state index in [2.05, 4.69) is 24.1 Å². The van der Waals surface area contributed by atoms with Crippen molar-refractivity contribution >= 4 is 17.0 Å². The fraction of sp³-hybridized carbons (Fsp3) is 0.579. The summed E-state index contributed by atoms with van der Waals surface area (Å²) in [5.74, 6) is 0.361. The van der Waals surface area contributed by atoms with Crippen LogP contribution in [0.2, 0.25) is 0 Å². The van der Waals surface area contributed by atoms with Crippen molar-refractivity contribution in [2.75, 3.05) is 19.6 Å². The van der Waals surface area contributed by atoms with Crippen molar-refractivity contribution in [2.24, 2.45) is 5.92 Å². The van der Waals surface area contributed by atoms with Crippen molar-refractivity contribution in [2.45, 2.75) is 45.7 Å². The predicted molar refractivity (Wildman–Crippen MR) is 97.5 cm³/mol. The molecule has 0 radical (unpaired) electrons. The van der Waals surface area contributed by atoms with E-state index in [0.29, 0.717) is 24.7 Å². The fourth-order valence-corrected chi connectivity index (χ4v) is 3.39. The van der Waals surface area contributed by atoms with Crippen LogP contribution in [0.3, 0.4) is 0 Å². The van der Waals surface area contributed by atoms with Crippen molar-refractivity contribution in [3.05, 3.63) is 34.8 Å². The number of hydrogen-bond acceptors (Lipinski definition) is 4. The maximum Gasteiger partial charge on any atom is 0.419 e. The SMILES string of the molecule is CC1CCN([C@H](C)CNC(=O)CCn2c(=O)oc3ccccc32)CC1. The highest BCUT2D eigenvalue weighted by molar-refractivity contribution is 5.76. The molecule has 1 amide bonds. The monoisotopic (exact) mass is 345 g/mol. The van der Waals surface area contributed by atoms with Gasteiger partial charge in [0.1, 0.15) is 0 Å². The van der Waals surface area contributed by atoms with Crippen LogP contribution in [0.15, 0.2) is 33.5 Å². The zero-order valence-electron chi connectivity index (χ0n) is 15.0. The van der Waals surface area contributed by atoms with E-state index in [0.717, 1.165) is 24.5 Å². The largest absolute Gasteiger partial charge is 0.419 e. The van der Waals surface area contributed by atoms with E-state index in [4.69, 9.17) is 4.42 Å². The Balaban J connectivity index is 1.48. The van der Waals surface area contributed by atoms with Gasteiger partial charge in [-0.3, -0.25) is 14.3 Å². The van der Waals surface area contributed by atoms with Crippen LogP contribution in [0.1, 0.15) is 33.1 Å². The predicted octanol–water partition coefficient (Wildman–Crippen LogP) is 2.22. The van der Waals surface area contributed by atoms with E-state index in [1.165, 1.54) is 17.4 Å². The molecule has 1 aliphatic heterocycles. The van der Waals surface area contributed by atoms with Crippen molar-refractivity contribution in [3.8, 4) is 0 Å². The Morgan fingerprint density at radius 3 is 2.80 bits per heavy atom. The molecule has 3 rings (SSSR count). The quantitative estimate of drug-likeness (QED) is 0.872. The number of rotatable bonds is 6. The molecular weight excluding hydrogens is 318 g/mol. The molecule has 2 heterocycles. The Hall–Kier alpha value is -2.08. The molecule has 0 spiro atoms. The number of carbonyl (C=O) groups is 1. The van der Waals surface area contributed by atoms with Gasteiger partial charge in [-0.05, 0) is 50.9 Å². The lowest BCUT2D eigenvalue weighted by atomic mass is 9.98. The first-order valence-corrected chi connectivity index (χ1v) is 9.13. The van der Waals surface area contributed by atoms with Gasteiger partial charge in [-0.15, -0.1) is 0 Å². The van der Waals surface area contributed by atoms with Gasteiger partial charge < -0.3 is 9.73 Å². The average Bonchev–Trinajstić information content (AvgIpc) is 2.93. The van der Waals surface area contributed by atoms with E-state index in [1.807, 2.05) is 18.2 Å². The van der Waals surface area contributed by atoms with Crippen LogP contribution in [0.5, 0.6) is 0 Å². The smallest absolute Gasteiger partial charge is 0.408 e. The molecule has 1 aromatic heterocycles. The molecule has 0 saturated carbocycles. The van der Waals surface area contributed by atoms with E-state index < -0.39 is 5.76 Å². The first kappa shape index (κ1) is 17.7. The number of oxazole rings is 1. The lowest BCUT2D eigenvalue weighted by Gasteiger charge is -2.35. The number of piperidine rings is 1. The summed E-state index contributed by atoms with van der Waals surface area (Å²) >= 11 is 0. The molecule has 6 nitrogen and oxygen atoms in total. The minimum atomic E-state index is -0.412. The second-order valence-electron chi connectivity index (χ2n) is 7.11. The van der Waals surface area contributed by atoms with Crippen molar-refractivity contribution in [3.63, 3.8) is 0 Å². The number of carbonyl (C=O) groups excluding carboxylic acids is 1. The van der Waals surface area contributed by atoms with Crippen LogP contribution in [0.25, 0.3) is 11.1 Å². The number of fused-ring (bicyclic) bond motifs is 1. The molecule has 1 fully saturated rings. The molecule has 136 valence electrons. The van der Waals surface area contributed by atoms with Gasteiger partial charge in [0.2, 0.25) is 5.91 Å². The van der Waals surface area contributed by atoms with E-state index in [1.54, 1.807) is 6.07 Å². The Morgan fingerprint density at radius 1 is 1.32 bits per heavy atom. The number of aryl methyl sites for hydroxylation is 1. The van der Waals surface area contributed by atoms with Crippen molar-refractivity contribution in [1.82, 2.24) is 14.8 Å². The zero-order valence-corrected chi connectivity index (χ0v) is 15.0. The summed E-state index contributed by atoms with van der Waals surface area (Å²) in [6.07, 6.45) is 2.73. The summed E-state index contributed by atoms with van der Waals surface area (Å²) in [4.78, 5) is 26.5. The molecule has 0 bridgehead atoms. The van der Waals surface area contributed by atoms with E-state index in [9.17, 15) is 9.59 Å². The fourth-order valence-electron chi connectivity index (χ4n) is 3.39. The molecule has 25 heavy (non-hydrogen) atoms. The van der Waals surface area contributed by atoms with Crippen molar-refractivity contribution < 1.29 is 9.21 Å². The first-order valence-electron chi connectivity index (χ1n) is 9.13. The topological polar surface area (TPSA) is 67.5 Å². The van der Waals surface area contributed by atoms with Gasteiger partial charge in [0.15, 0.2) is 5.58 Å². The van der Waals surface area contributed by atoms with Crippen LogP contribution < -0.4 is 11.1 Å². The van der Waals surface area contributed by atoms with Crippen LogP contribution in [0.4, 0.5) is 0 Å². The summed E-state index contributed by atoms with van der Waals surface area (Å²) in [6.45, 7) is 7.64. The summed E-state index contributed by atoms with van der Waals surface area (Å²) < 4.78 is 6.70. The zero-order chi connectivity index (χ0) is 17.8. The molecule has 1 saturated heterocycles. The summed E-state index contributed by atoms with van der Waals surface area (Å²) in [6, 6.07) is 7.61. The van der Waals surface area contributed by atoms with Gasteiger partial charge in [-0.1, -0.05) is 19.1 Å². The molecule has 1 aromatic carbocycles. The molecule has 0 unspecified atom stereocenters. The van der Waals surface area contributed by atoms with Gasteiger partial charge in [0, 0.05) is 25.6 Å². The summed E-state index contributed by atoms with van der Waals surface area (Å²) in [5, 5.41) is 2.99. The Morgan fingerprint density at radius 2 is 2.04 bits per heavy atom. The number of hydrogen-bond donors (Lipinski definition) is 1. The third kappa shape index (κ3) is 4.31. The van der Waals surface area contributed by atoms with Gasteiger partial charge in [-0.25, -0.2) is 4.79 Å². The molecule has 1 N–H and O–H groups in total. The van der Waals surface area contributed by atoms with E-state index >= 15 is 0 Å². The van der Waals surface area contributed by atoms with Gasteiger partial charge >= 0.3 is 5.76 Å². The highest BCUT2D eigenvalue weighted by Crippen LogP contribution is 2.17. The van der Waals surface area contributed by atoms with Gasteiger partial charge in [0.05, 0.1) is 5.52 Å². The first-order chi connectivity index (χ1) is 12.0. The maximum atomic E-state index is 12.1. The third-order valence-electron chi connectivity index (χ3n) is 5.17. The number of nitrogens with zero attached hydrogens (tertiary/aromatic N) is 2. The average molecular weight is 345 g/mol. The van der Waals surface area contributed by atoms with Crippen LogP contribution in [-0.2, 0) is 11.3 Å².